The number of anilines is 1. The van der Waals surface area contributed by atoms with E-state index in [9.17, 15) is 9.59 Å². The van der Waals surface area contributed by atoms with Gasteiger partial charge in [0.15, 0.2) is 0 Å². The zero-order valence-corrected chi connectivity index (χ0v) is 14.0. The monoisotopic (exact) mass is 318 g/mol. The summed E-state index contributed by atoms with van der Waals surface area (Å²) < 4.78 is 0. The van der Waals surface area contributed by atoms with Gasteiger partial charge in [0.05, 0.1) is 6.54 Å². The number of rotatable bonds is 6. The summed E-state index contributed by atoms with van der Waals surface area (Å²) in [5.41, 5.74) is 1.37. The molecule has 1 aliphatic rings. The zero-order valence-electron chi connectivity index (χ0n) is 14.0. The Morgan fingerprint density at radius 1 is 1.13 bits per heavy atom. The number of amides is 2. The number of piperazine rings is 1. The fraction of sp³-hybridized carbons (Fsp3) is 0.529. The van der Waals surface area contributed by atoms with Crippen LogP contribution < -0.4 is 10.6 Å². The number of hydrogen-bond donors (Lipinski definition) is 2. The molecule has 1 aliphatic heterocycles. The maximum atomic E-state index is 12.2. The van der Waals surface area contributed by atoms with Crippen molar-refractivity contribution in [2.75, 3.05) is 51.1 Å². The van der Waals surface area contributed by atoms with Crippen molar-refractivity contribution in [3.8, 4) is 0 Å². The highest BCUT2D eigenvalue weighted by Gasteiger charge is 2.14. The molecule has 0 aliphatic carbocycles. The van der Waals surface area contributed by atoms with E-state index >= 15 is 0 Å². The number of nitrogens with zero attached hydrogens (tertiary/aromatic N) is 2. The predicted octanol–water partition coefficient (Wildman–Crippen LogP) is 1.01. The molecule has 23 heavy (non-hydrogen) atoms. The summed E-state index contributed by atoms with van der Waals surface area (Å²) in [6.45, 7) is 9.36. The summed E-state index contributed by atoms with van der Waals surface area (Å²) in [6.07, 6.45) is 0. The summed E-state index contributed by atoms with van der Waals surface area (Å²) in [6, 6.07) is 7.10. The third kappa shape index (κ3) is 5.04. The lowest BCUT2D eigenvalue weighted by atomic mass is 10.1. The summed E-state index contributed by atoms with van der Waals surface area (Å²) >= 11 is 0. The first-order chi connectivity index (χ1) is 11.1. The quantitative estimate of drug-likeness (QED) is 0.822. The lowest BCUT2D eigenvalue weighted by molar-refractivity contribution is -0.117. The molecule has 0 bridgehead atoms. The van der Waals surface area contributed by atoms with Gasteiger partial charge in [0, 0.05) is 50.5 Å². The van der Waals surface area contributed by atoms with Crippen molar-refractivity contribution in [1.29, 1.82) is 0 Å². The van der Waals surface area contributed by atoms with Gasteiger partial charge in [-0.2, -0.15) is 0 Å². The van der Waals surface area contributed by atoms with E-state index in [1.54, 1.807) is 29.2 Å². The molecule has 1 aromatic carbocycles. The first-order valence-electron chi connectivity index (χ1n) is 8.26. The fourth-order valence-electron chi connectivity index (χ4n) is 2.66. The Balaban J connectivity index is 1.89. The van der Waals surface area contributed by atoms with Gasteiger partial charge in [-0.05, 0) is 38.1 Å². The molecule has 0 aromatic heterocycles. The van der Waals surface area contributed by atoms with Crippen LogP contribution in [-0.2, 0) is 4.79 Å². The summed E-state index contributed by atoms with van der Waals surface area (Å²) in [5.74, 6) is 0.00316. The second-order valence-electron chi connectivity index (χ2n) is 5.63. The Morgan fingerprint density at radius 2 is 1.74 bits per heavy atom. The molecule has 1 aromatic rings. The highest BCUT2D eigenvalue weighted by molar-refractivity contribution is 5.96. The van der Waals surface area contributed by atoms with Crippen LogP contribution in [0.5, 0.6) is 0 Å². The summed E-state index contributed by atoms with van der Waals surface area (Å²) in [5, 5.41) is 6.15. The van der Waals surface area contributed by atoms with Gasteiger partial charge in [0.2, 0.25) is 5.91 Å². The van der Waals surface area contributed by atoms with Crippen LogP contribution in [0, 0.1) is 0 Å². The van der Waals surface area contributed by atoms with Crippen LogP contribution in [0.15, 0.2) is 24.3 Å². The molecule has 0 atom stereocenters. The van der Waals surface area contributed by atoms with Crippen LogP contribution in [-0.4, -0.2) is 67.4 Å². The lowest BCUT2D eigenvalue weighted by Gasteiger charge is -2.26. The van der Waals surface area contributed by atoms with Gasteiger partial charge >= 0.3 is 0 Å². The first-order valence-corrected chi connectivity index (χ1v) is 8.26. The van der Waals surface area contributed by atoms with E-state index in [-0.39, 0.29) is 11.8 Å². The van der Waals surface area contributed by atoms with Crippen LogP contribution >= 0.6 is 0 Å². The topological polar surface area (TPSA) is 64.7 Å². The minimum absolute atomic E-state index is 0.0188. The number of carbonyl (C=O) groups excluding carboxylic acids is 2. The summed E-state index contributed by atoms with van der Waals surface area (Å²) in [4.78, 5) is 28.2. The van der Waals surface area contributed by atoms with Crippen molar-refractivity contribution >= 4 is 17.5 Å². The van der Waals surface area contributed by atoms with E-state index in [4.69, 9.17) is 0 Å². The molecular weight excluding hydrogens is 292 g/mol. The highest BCUT2D eigenvalue weighted by atomic mass is 16.2. The van der Waals surface area contributed by atoms with Crippen molar-refractivity contribution in [2.24, 2.45) is 0 Å². The average molecular weight is 318 g/mol. The molecule has 2 rings (SSSR count). The predicted molar refractivity (Wildman–Crippen MR) is 91.6 cm³/mol. The number of benzene rings is 1. The lowest BCUT2D eigenvalue weighted by Crippen LogP contribution is -2.46. The van der Waals surface area contributed by atoms with E-state index in [1.165, 1.54) is 0 Å². The molecule has 0 unspecified atom stereocenters. The third-order valence-electron chi connectivity index (χ3n) is 4.04. The first kappa shape index (κ1) is 17.4. The van der Waals surface area contributed by atoms with Crippen molar-refractivity contribution in [1.82, 2.24) is 15.1 Å². The molecule has 0 spiro atoms. The van der Waals surface area contributed by atoms with Crippen LogP contribution in [0.1, 0.15) is 24.2 Å². The van der Waals surface area contributed by atoms with Crippen LogP contribution in [0.2, 0.25) is 0 Å². The van der Waals surface area contributed by atoms with Gasteiger partial charge in [-0.1, -0.05) is 0 Å². The maximum Gasteiger partial charge on any atom is 0.253 e. The molecule has 1 saturated heterocycles. The van der Waals surface area contributed by atoms with Gasteiger partial charge in [0.1, 0.15) is 0 Å². The zero-order chi connectivity index (χ0) is 16.7. The molecule has 6 heteroatoms. The SMILES string of the molecule is CCN(CC)C(=O)c1ccc(NC(=O)CN2CCNCC2)cc1. The molecule has 126 valence electrons. The maximum absolute atomic E-state index is 12.2. The molecule has 6 nitrogen and oxygen atoms in total. The van der Waals surface area contributed by atoms with Gasteiger partial charge in [-0.15, -0.1) is 0 Å². The van der Waals surface area contributed by atoms with E-state index < -0.39 is 0 Å². The second-order valence-corrected chi connectivity index (χ2v) is 5.63. The standard InChI is InChI=1S/C17H26N4O2/c1-3-21(4-2)17(23)14-5-7-15(8-6-14)19-16(22)13-20-11-9-18-10-12-20/h5-8,18H,3-4,9-13H2,1-2H3,(H,19,22). The molecule has 1 fully saturated rings. The number of nitrogens with one attached hydrogen (secondary N) is 2. The Morgan fingerprint density at radius 3 is 2.30 bits per heavy atom. The third-order valence-corrected chi connectivity index (χ3v) is 4.04. The van der Waals surface area contributed by atoms with Crippen molar-refractivity contribution < 1.29 is 9.59 Å². The minimum atomic E-state index is -0.0188. The largest absolute Gasteiger partial charge is 0.339 e. The molecule has 0 saturated carbocycles. The van der Waals surface area contributed by atoms with Gasteiger partial charge in [-0.25, -0.2) is 0 Å². The molecular formula is C17H26N4O2. The van der Waals surface area contributed by atoms with Crippen LogP contribution in [0.25, 0.3) is 0 Å². The van der Waals surface area contributed by atoms with Crippen LogP contribution in [0.3, 0.4) is 0 Å². The van der Waals surface area contributed by atoms with Gasteiger partial charge < -0.3 is 15.5 Å². The Hall–Kier alpha value is -1.92. The van der Waals surface area contributed by atoms with Gasteiger partial charge in [-0.3, -0.25) is 14.5 Å². The number of carbonyl (C=O) groups is 2. The smallest absolute Gasteiger partial charge is 0.253 e. The normalized spacial score (nSPS) is 15.2. The molecule has 2 amide bonds. The van der Waals surface area contributed by atoms with Crippen molar-refractivity contribution in [3.05, 3.63) is 29.8 Å². The van der Waals surface area contributed by atoms with E-state index in [0.717, 1.165) is 31.9 Å². The van der Waals surface area contributed by atoms with Crippen LogP contribution in [0.4, 0.5) is 5.69 Å². The van der Waals surface area contributed by atoms with Gasteiger partial charge in [0.25, 0.3) is 5.91 Å². The highest BCUT2D eigenvalue weighted by Crippen LogP contribution is 2.12. The fourth-order valence-corrected chi connectivity index (χ4v) is 2.66. The molecule has 0 radical (unpaired) electrons. The minimum Gasteiger partial charge on any atom is -0.339 e. The second kappa shape index (κ2) is 8.64. The van der Waals surface area contributed by atoms with E-state index in [2.05, 4.69) is 15.5 Å². The number of hydrogen-bond acceptors (Lipinski definition) is 4. The Labute approximate surface area is 137 Å². The Kier molecular flexibility index (Phi) is 6.55. The van der Waals surface area contributed by atoms with Crippen molar-refractivity contribution in [3.63, 3.8) is 0 Å². The van der Waals surface area contributed by atoms with E-state index in [0.29, 0.717) is 25.2 Å². The Bertz CT molecular complexity index is 520. The summed E-state index contributed by atoms with van der Waals surface area (Å²) in [7, 11) is 0. The average Bonchev–Trinajstić information content (AvgIpc) is 2.57. The van der Waals surface area contributed by atoms with E-state index in [1.807, 2.05) is 13.8 Å². The molecule has 1 heterocycles. The molecule has 2 N–H and O–H groups in total. The van der Waals surface area contributed by atoms with Crippen molar-refractivity contribution in [2.45, 2.75) is 13.8 Å².